The van der Waals surface area contributed by atoms with Gasteiger partial charge in [-0.1, -0.05) is 15.9 Å². The third kappa shape index (κ3) is 4.01. The number of ketones is 1. The molecule has 1 nitrogen and oxygen atoms in total. The van der Waals surface area contributed by atoms with Crippen molar-refractivity contribution in [3.63, 3.8) is 0 Å². The average molecular weight is 367 g/mol. The van der Waals surface area contributed by atoms with Gasteiger partial charge in [0.05, 0.1) is 5.56 Å². The van der Waals surface area contributed by atoms with E-state index in [1.165, 1.54) is 6.07 Å². The van der Waals surface area contributed by atoms with E-state index in [1.807, 2.05) is 11.8 Å². The number of hydrogen-bond acceptors (Lipinski definition) is 2. The summed E-state index contributed by atoms with van der Waals surface area (Å²) in [5.74, 6) is 2.15. The molecular formula is C14H14BrF3OS. The summed E-state index contributed by atoms with van der Waals surface area (Å²) >= 11 is 5.03. The van der Waals surface area contributed by atoms with E-state index in [0.29, 0.717) is 16.8 Å². The van der Waals surface area contributed by atoms with E-state index in [4.69, 9.17) is 0 Å². The third-order valence-corrected chi connectivity index (χ3v) is 5.15. The zero-order valence-corrected chi connectivity index (χ0v) is 13.1. The van der Waals surface area contributed by atoms with Crippen molar-refractivity contribution >= 4 is 33.5 Å². The molecule has 0 atom stereocenters. The van der Waals surface area contributed by atoms with Gasteiger partial charge in [-0.05, 0) is 48.5 Å². The van der Waals surface area contributed by atoms with Crippen molar-refractivity contribution in [1.82, 2.24) is 0 Å². The molecule has 0 N–H and O–H groups in total. The molecular weight excluding hydrogens is 353 g/mol. The number of Topliss-reactive ketones (excluding diaryl/α,β-unsaturated/α-hetero) is 1. The Bertz CT molecular complexity index is 496. The van der Waals surface area contributed by atoms with Gasteiger partial charge in [0.1, 0.15) is 0 Å². The van der Waals surface area contributed by atoms with Crippen molar-refractivity contribution < 1.29 is 18.0 Å². The van der Waals surface area contributed by atoms with Gasteiger partial charge in [-0.15, -0.1) is 0 Å². The summed E-state index contributed by atoms with van der Waals surface area (Å²) in [4.78, 5) is 12.2. The van der Waals surface area contributed by atoms with Gasteiger partial charge >= 0.3 is 6.18 Å². The topological polar surface area (TPSA) is 17.1 Å². The molecule has 6 heteroatoms. The first-order valence-corrected chi connectivity index (χ1v) is 8.30. The maximum Gasteiger partial charge on any atom is 0.416 e. The SMILES string of the molecule is O=C(CC1CCSCC1)c1cc(C(F)(F)F)ccc1Br. The minimum Gasteiger partial charge on any atom is -0.294 e. The van der Waals surface area contributed by atoms with Crippen LogP contribution in [-0.2, 0) is 6.18 Å². The Morgan fingerprint density at radius 1 is 1.30 bits per heavy atom. The highest BCUT2D eigenvalue weighted by Crippen LogP contribution is 2.33. The summed E-state index contributed by atoms with van der Waals surface area (Å²) in [6.45, 7) is 0. The predicted molar refractivity (Wildman–Crippen MR) is 78.1 cm³/mol. The lowest BCUT2D eigenvalue weighted by Gasteiger charge is -2.20. The molecule has 1 heterocycles. The zero-order chi connectivity index (χ0) is 14.8. The van der Waals surface area contributed by atoms with Gasteiger partial charge in [0.15, 0.2) is 5.78 Å². The molecule has 1 fully saturated rings. The number of halogens is 4. The normalized spacial score (nSPS) is 17.2. The fourth-order valence-corrected chi connectivity index (χ4v) is 3.91. The summed E-state index contributed by atoms with van der Waals surface area (Å²) in [6.07, 6.45) is -2.16. The maximum atomic E-state index is 12.7. The van der Waals surface area contributed by atoms with Crippen LogP contribution in [0.3, 0.4) is 0 Å². The van der Waals surface area contributed by atoms with Gasteiger partial charge in [0, 0.05) is 16.5 Å². The third-order valence-electron chi connectivity index (χ3n) is 3.41. The molecule has 0 aromatic heterocycles. The number of rotatable bonds is 3. The van der Waals surface area contributed by atoms with Gasteiger partial charge < -0.3 is 0 Å². The van der Waals surface area contributed by atoms with Crippen LogP contribution in [0.2, 0.25) is 0 Å². The molecule has 20 heavy (non-hydrogen) atoms. The number of alkyl halides is 3. The minimum absolute atomic E-state index is 0.137. The van der Waals surface area contributed by atoms with E-state index in [1.54, 1.807) is 0 Å². The summed E-state index contributed by atoms with van der Waals surface area (Å²) in [5, 5.41) is 0. The first kappa shape index (κ1) is 15.9. The fraction of sp³-hybridized carbons (Fsp3) is 0.500. The van der Waals surface area contributed by atoms with Crippen LogP contribution in [-0.4, -0.2) is 17.3 Å². The second-order valence-corrected chi connectivity index (χ2v) is 6.95. The van der Waals surface area contributed by atoms with Crippen LogP contribution in [0, 0.1) is 5.92 Å². The summed E-state index contributed by atoms with van der Waals surface area (Å²) in [6, 6.07) is 3.23. The Kier molecular flexibility index (Phi) is 5.18. The van der Waals surface area contributed by atoms with Crippen LogP contribution in [0.25, 0.3) is 0 Å². The van der Waals surface area contributed by atoms with Crippen LogP contribution < -0.4 is 0 Å². The van der Waals surface area contributed by atoms with E-state index in [-0.39, 0.29) is 11.3 Å². The van der Waals surface area contributed by atoms with E-state index in [9.17, 15) is 18.0 Å². The Morgan fingerprint density at radius 2 is 1.95 bits per heavy atom. The van der Waals surface area contributed by atoms with Gasteiger partial charge in [-0.3, -0.25) is 4.79 Å². The zero-order valence-electron chi connectivity index (χ0n) is 10.7. The molecule has 2 rings (SSSR count). The van der Waals surface area contributed by atoms with Gasteiger partial charge in [-0.2, -0.15) is 24.9 Å². The van der Waals surface area contributed by atoms with Gasteiger partial charge in [0.25, 0.3) is 0 Å². The van der Waals surface area contributed by atoms with Crippen molar-refractivity contribution in [2.45, 2.75) is 25.4 Å². The van der Waals surface area contributed by atoms with Gasteiger partial charge in [0.2, 0.25) is 0 Å². The lowest BCUT2D eigenvalue weighted by Crippen LogP contribution is -2.15. The first-order chi connectivity index (χ1) is 9.38. The van der Waals surface area contributed by atoms with E-state index in [2.05, 4.69) is 15.9 Å². The molecule has 1 aliphatic rings. The maximum absolute atomic E-state index is 12.7. The van der Waals surface area contributed by atoms with Crippen molar-refractivity contribution in [2.75, 3.05) is 11.5 Å². The van der Waals surface area contributed by atoms with Crippen LogP contribution in [0.15, 0.2) is 22.7 Å². The molecule has 0 saturated carbocycles. The largest absolute Gasteiger partial charge is 0.416 e. The highest BCUT2D eigenvalue weighted by molar-refractivity contribution is 9.10. The van der Waals surface area contributed by atoms with Crippen molar-refractivity contribution in [1.29, 1.82) is 0 Å². The molecule has 0 radical (unpaired) electrons. The van der Waals surface area contributed by atoms with Crippen molar-refractivity contribution in [3.8, 4) is 0 Å². The summed E-state index contributed by atoms with van der Waals surface area (Å²) in [7, 11) is 0. The molecule has 0 amide bonds. The predicted octanol–water partition coefficient (Wildman–Crippen LogP) is 5.18. The van der Waals surface area contributed by atoms with Crippen molar-refractivity contribution in [3.05, 3.63) is 33.8 Å². The number of thioether (sulfide) groups is 1. The smallest absolute Gasteiger partial charge is 0.294 e. The Balaban J connectivity index is 2.16. The lowest BCUT2D eigenvalue weighted by molar-refractivity contribution is -0.137. The standard InChI is InChI=1S/C14H14BrF3OS/c15-12-2-1-10(14(16,17)18)8-11(12)13(19)7-9-3-5-20-6-4-9/h1-2,8-9H,3-7H2. The van der Waals surface area contributed by atoms with E-state index in [0.717, 1.165) is 36.5 Å². The number of carbonyl (C=O) groups excluding carboxylic acids is 1. The number of carbonyl (C=O) groups is 1. The number of benzene rings is 1. The highest BCUT2D eigenvalue weighted by Gasteiger charge is 2.31. The monoisotopic (exact) mass is 366 g/mol. The molecule has 0 aliphatic carbocycles. The van der Waals surface area contributed by atoms with E-state index < -0.39 is 11.7 Å². The molecule has 0 bridgehead atoms. The molecule has 1 saturated heterocycles. The van der Waals surface area contributed by atoms with Crippen LogP contribution in [0.1, 0.15) is 35.2 Å². The Hall–Kier alpha value is -0.490. The van der Waals surface area contributed by atoms with Crippen LogP contribution in [0.4, 0.5) is 13.2 Å². The second-order valence-electron chi connectivity index (χ2n) is 4.88. The molecule has 1 aliphatic heterocycles. The Morgan fingerprint density at radius 3 is 2.55 bits per heavy atom. The average Bonchev–Trinajstić information content (AvgIpc) is 2.39. The molecule has 0 spiro atoms. The Labute approximate surface area is 128 Å². The molecule has 0 unspecified atom stereocenters. The van der Waals surface area contributed by atoms with E-state index >= 15 is 0 Å². The number of hydrogen-bond donors (Lipinski definition) is 0. The van der Waals surface area contributed by atoms with Crippen LogP contribution >= 0.6 is 27.7 Å². The second kappa shape index (κ2) is 6.52. The summed E-state index contributed by atoms with van der Waals surface area (Å²) < 4.78 is 38.5. The van der Waals surface area contributed by atoms with Crippen molar-refractivity contribution in [2.24, 2.45) is 5.92 Å². The molecule has 110 valence electrons. The minimum atomic E-state index is -4.42. The summed E-state index contributed by atoms with van der Waals surface area (Å²) in [5.41, 5.74) is -0.638. The van der Waals surface area contributed by atoms with Gasteiger partial charge in [-0.25, -0.2) is 0 Å². The first-order valence-electron chi connectivity index (χ1n) is 6.35. The molecule has 1 aromatic carbocycles. The van der Waals surface area contributed by atoms with Crippen LogP contribution in [0.5, 0.6) is 0 Å². The fourth-order valence-electron chi connectivity index (χ4n) is 2.24. The lowest BCUT2D eigenvalue weighted by atomic mass is 9.93. The highest BCUT2D eigenvalue weighted by atomic mass is 79.9. The quantitative estimate of drug-likeness (QED) is 0.685. The molecule has 1 aromatic rings.